The van der Waals surface area contributed by atoms with Crippen molar-refractivity contribution >= 4 is 41.5 Å². The number of nitrogens with one attached hydrogen (secondary N) is 2. The monoisotopic (exact) mass is 506 g/mol. The molecule has 0 radical (unpaired) electrons. The highest BCUT2D eigenvalue weighted by Gasteiger charge is 2.10. The largest absolute Gasteiger partial charge is 0.487 e. The number of ether oxygens (including phenoxy) is 1. The quantitative estimate of drug-likeness (QED) is 0.311. The van der Waals surface area contributed by atoms with Gasteiger partial charge in [-0.25, -0.2) is 4.99 Å². The van der Waals surface area contributed by atoms with Crippen LogP contribution in [0, 0.1) is 0 Å². The highest BCUT2D eigenvalue weighted by atomic mass is 127. The van der Waals surface area contributed by atoms with Crippen molar-refractivity contribution in [1.29, 1.82) is 0 Å². The highest BCUT2D eigenvalue weighted by Crippen LogP contribution is 2.24. The van der Waals surface area contributed by atoms with E-state index >= 15 is 0 Å². The zero-order valence-electron chi connectivity index (χ0n) is 16.2. The molecule has 27 heavy (non-hydrogen) atoms. The van der Waals surface area contributed by atoms with Crippen LogP contribution in [0.1, 0.15) is 45.1 Å². The molecule has 8 heteroatoms. The minimum Gasteiger partial charge on any atom is -0.487 e. The van der Waals surface area contributed by atoms with E-state index in [0.717, 1.165) is 18.0 Å². The van der Waals surface area contributed by atoms with Crippen LogP contribution in [0.25, 0.3) is 0 Å². The Morgan fingerprint density at radius 2 is 2.00 bits per heavy atom. The summed E-state index contributed by atoms with van der Waals surface area (Å²) in [6, 6.07) is 9.39. The van der Waals surface area contributed by atoms with Crippen LogP contribution in [0.15, 0.2) is 39.8 Å². The molecule has 0 fully saturated rings. The first-order chi connectivity index (χ1) is 12.5. The lowest BCUT2D eigenvalue weighted by Gasteiger charge is -2.18. The number of guanidine groups is 1. The second-order valence-electron chi connectivity index (χ2n) is 6.31. The summed E-state index contributed by atoms with van der Waals surface area (Å²) in [5, 5.41) is 11.1. The fourth-order valence-electron chi connectivity index (χ4n) is 2.21. The van der Waals surface area contributed by atoms with Gasteiger partial charge >= 0.3 is 0 Å². The molecule has 0 aliphatic rings. The lowest BCUT2D eigenvalue weighted by atomic mass is 10.1. The van der Waals surface area contributed by atoms with Gasteiger partial charge in [0, 0.05) is 12.6 Å². The summed E-state index contributed by atoms with van der Waals surface area (Å²) in [5.74, 6) is 2.45. The molecule has 1 atom stereocenters. The Bertz CT molecular complexity index is 721. The molecule has 0 bridgehead atoms. The zero-order valence-corrected chi connectivity index (χ0v) is 19.2. The number of hydrogen-bond donors (Lipinski definition) is 2. The summed E-state index contributed by atoms with van der Waals surface area (Å²) in [5.41, 5.74) is 0.940. The number of halogens is 2. The number of para-hydroxylation sites is 1. The molecule has 0 amide bonds. The minimum atomic E-state index is -0.0726. The molecule has 1 aromatic heterocycles. The lowest BCUT2D eigenvalue weighted by Crippen LogP contribution is -2.41. The number of rotatable bonds is 8. The molecular weight excluding hydrogens is 479 g/mol. The van der Waals surface area contributed by atoms with Crippen LogP contribution < -0.4 is 15.4 Å². The maximum Gasteiger partial charge on any atom is 0.191 e. The Kier molecular flexibility index (Phi) is 10.5. The summed E-state index contributed by atoms with van der Waals surface area (Å²) in [7, 11) is 0. The molecule has 1 unspecified atom stereocenters. The fourth-order valence-corrected chi connectivity index (χ4v) is 2.39. The van der Waals surface area contributed by atoms with E-state index in [2.05, 4.69) is 34.6 Å². The maximum absolute atomic E-state index is 6.12. The van der Waals surface area contributed by atoms with Crippen LogP contribution in [-0.2, 0) is 6.54 Å². The fraction of sp³-hybridized carbons (Fsp3) is 0.474. The molecule has 0 saturated carbocycles. The van der Waals surface area contributed by atoms with E-state index in [1.54, 1.807) is 0 Å². The van der Waals surface area contributed by atoms with E-state index in [4.69, 9.17) is 20.9 Å². The summed E-state index contributed by atoms with van der Waals surface area (Å²) in [4.78, 5) is 4.53. The van der Waals surface area contributed by atoms with Gasteiger partial charge in [-0.05, 0) is 31.9 Å². The lowest BCUT2D eigenvalue weighted by molar-refractivity contribution is 0.224. The standard InChI is InChI=1S/C19H27ClN4O2.HI/c1-5-21-19(23-12-15-10-17(13(2)3)24-26-15)22-11-14(4)25-18-9-7-6-8-16(18)20;/h6-10,13-14H,5,11-12H2,1-4H3,(H2,21,22,23);1H. The van der Waals surface area contributed by atoms with Crippen LogP contribution in [0.2, 0.25) is 5.02 Å². The predicted octanol–water partition coefficient (Wildman–Crippen LogP) is 4.59. The highest BCUT2D eigenvalue weighted by molar-refractivity contribution is 14.0. The second-order valence-corrected chi connectivity index (χ2v) is 6.71. The molecule has 0 saturated heterocycles. The third-order valence-corrected chi connectivity index (χ3v) is 3.94. The van der Waals surface area contributed by atoms with Crippen LogP contribution >= 0.6 is 35.6 Å². The molecular formula is C19H28ClIN4O2. The average molecular weight is 507 g/mol. The van der Waals surface area contributed by atoms with E-state index < -0.39 is 0 Å². The number of aromatic nitrogens is 1. The Morgan fingerprint density at radius 1 is 1.26 bits per heavy atom. The van der Waals surface area contributed by atoms with Gasteiger partial charge in [-0.15, -0.1) is 24.0 Å². The van der Waals surface area contributed by atoms with Gasteiger partial charge in [0.15, 0.2) is 11.7 Å². The SMILES string of the molecule is CCNC(=NCc1cc(C(C)C)no1)NCC(C)Oc1ccccc1Cl.I. The molecule has 0 aliphatic heterocycles. The molecule has 1 heterocycles. The Balaban J connectivity index is 0.00000364. The summed E-state index contributed by atoms with van der Waals surface area (Å²) >= 11 is 6.12. The Labute approximate surface area is 183 Å². The van der Waals surface area contributed by atoms with Crippen molar-refractivity contribution in [2.75, 3.05) is 13.1 Å². The van der Waals surface area contributed by atoms with Gasteiger partial charge in [0.25, 0.3) is 0 Å². The maximum atomic E-state index is 6.12. The van der Waals surface area contributed by atoms with E-state index in [-0.39, 0.29) is 30.1 Å². The summed E-state index contributed by atoms with van der Waals surface area (Å²) in [6.07, 6.45) is -0.0726. The first-order valence-electron chi connectivity index (χ1n) is 8.88. The van der Waals surface area contributed by atoms with Crippen molar-refractivity contribution < 1.29 is 9.26 Å². The zero-order chi connectivity index (χ0) is 18.9. The number of hydrogen-bond acceptors (Lipinski definition) is 4. The van der Waals surface area contributed by atoms with Crippen LogP contribution in [0.3, 0.4) is 0 Å². The molecule has 2 N–H and O–H groups in total. The Hall–Kier alpha value is -1.48. The summed E-state index contributed by atoms with van der Waals surface area (Å²) in [6.45, 7) is 9.93. The van der Waals surface area contributed by atoms with Gasteiger partial charge in [-0.2, -0.15) is 0 Å². The van der Waals surface area contributed by atoms with Crippen molar-refractivity contribution in [2.24, 2.45) is 4.99 Å². The van der Waals surface area contributed by atoms with Crippen LogP contribution in [-0.4, -0.2) is 30.3 Å². The van der Waals surface area contributed by atoms with Crippen molar-refractivity contribution in [3.8, 4) is 5.75 Å². The predicted molar refractivity (Wildman–Crippen MR) is 120 cm³/mol. The van der Waals surface area contributed by atoms with Gasteiger partial charge in [0.2, 0.25) is 0 Å². The van der Waals surface area contributed by atoms with E-state index in [9.17, 15) is 0 Å². The van der Waals surface area contributed by atoms with E-state index in [1.165, 1.54) is 0 Å². The average Bonchev–Trinajstić information content (AvgIpc) is 3.09. The number of nitrogens with zero attached hydrogens (tertiary/aromatic N) is 2. The molecule has 6 nitrogen and oxygen atoms in total. The molecule has 150 valence electrons. The minimum absolute atomic E-state index is 0. The second kappa shape index (κ2) is 12.1. The van der Waals surface area contributed by atoms with Gasteiger partial charge in [-0.1, -0.05) is 42.7 Å². The van der Waals surface area contributed by atoms with Crippen molar-refractivity contribution in [2.45, 2.75) is 46.3 Å². The molecule has 2 rings (SSSR count). The molecule has 1 aromatic carbocycles. The molecule has 0 aliphatic carbocycles. The normalized spacial score (nSPS) is 12.4. The van der Waals surface area contributed by atoms with Gasteiger partial charge in [0.1, 0.15) is 18.4 Å². The van der Waals surface area contributed by atoms with Gasteiger partial charge < -0.3 is 19.9 Å². The van der Waals surface area contributed by atoms with E-state index in [0.29, 0.717) is 35.7 Å². The first-order valence-corrected chi connectivity index (χ1v) is 9.26. The Morgan fingerprint density at radius 3 is 2.63 bits per heavy atom. The number of aliphatic imine (C=N–C) groups is 1. The van der Waals surface area contributed by atoms with Crippen molar-refractivity contribution in [3.63, 3.8) is 0 Å². The molecule has 2 aromatic rings. The topological polar surface area (TPSA) is 71.7 Å². The van der Waals surface area contributed by atoms with Crippen LogP contribution in [0.5, 0.6) is 5.75 Å². The molecule has 0 spiro atoms. The summed E-state index contributed by atoms with van der Waals surface area (Å²) < 4.78 is 11.2. The van der Waals surface area contributed by atoms with Crippen molar-refractivity contribution in [1.82, 2.24) is 15.8 Å². The van der Waals surface area contributed by atoms with Crippen molar-refractivity contribution in [3.05, 3.63) is 46.8 Å². The van der Waals surface area contributed by atoms with E-state index in [1.807, 2.05) is 44.2 Å². The third-order valence-electron chi connectivity index (χ3n) is 3.63. The first kappa shape index (κ1) is 23.6. The smallest absolute Gasteiger partial charge is 0.191 e. The number of benzene rings is 1. The van der Waals surface area contributed by atoms with Gasteiger partial charge in [-0.3, -0.25) is 0 Å². The van der Waals surface area contributed by atoms with Crippen LogP contribution in [0.4, 0.5) is 0 Å². The van der Waals surface area contributed by atoms with Gasteiger partial charge in [0.05, 0.1) is 17.3 Å². The third kappa shape index (κ3) is 7.96.